The van der Waals surface area contributed by atoms with Crippen molar-refractivity contribution in [2.45, 2.75) is 26.1 Å². The molecule has 3 aromatic carbocycles. The molecule has 12 nitrogen and oxygen atoms in total. The van der Waals surface area contributed by atoms with Crippen LogP contribution in [0.1, 0.15) is 44.9 Å². The monoisotopic (exact) mass is 636 g/mol. The molecule has 0 aliphatic heterocycles. The first-order chi connectivity index (χ1) is 22.1. The van der Waals surface area contributed by atoms with E-state index in [0.717, 1.165) is 0 Å². The maximum atomic E-state index is 12.0. The lowest BCUT2D eigenvalue weighted by Crippen LogP contribution is -2.29. The highest BCUT2D eigenvalue weighted by Crippen LogP contribution is 2.06. The summed E-state index contributed by atoms with van der Waals surface area (Å²) in [6, 6.07) is 24.4. The second-order valence-electron chi connectivity index (χ2n) is 9.53. The van der Waals surface area contributed by atoms with E-state index in [9.17, 15) is 28.8 Å². The van der Waals surface area contributed by atoms with Crippen LogP contribution in [0.3, 0.4) is 0 Å². The third kappa shape index (κ3) is 13.7. The number of rotatable bonds is 17. The van der Waals surface area contributed by atoms with E-state index >= 15 is 0 Å². The molecule has 0 radical (unpaired) electrons. The third-order valence-electron chi connectivity index (χ3n) is 5.68. The number of benzene rings is 3. The lowest BCUT2D eigenvalue weighted by molar-refractivity contribution is -0.149. The molecule has 0 aliphatic carbocycles. The third-order valence-corrected chi connectivity index (χ3v) is 5.68. The van der Waals surface area contributed by atoms with E-state index in [4.69, 9.17) is 28.8 Å². The first kappa shape index (κ1) is 37.1. The zero-order chi connectivity index (χ0) is 33.7. The van der Waals surface area contributed by atoms with Crippen molar-refractivity contribution in [3.63, 3.8) is 0 Å². The van der Waals surface area contributed by atoms with Gasteiger partial charge in [-0.25, -0.2) is 14.4 Å². The second kappa shape index (κ2) is 20.8. The van der Waals surface area contributed by atoms with Crippen molar-refractivity contribution >= 4 is 35.3 Å². The van der Waals surface area contributed by atoms with Crippen LogP contribution >= 0.6 is 0 Å². The number of hydrogen-bond acceptors (Lipinski definition) is 12. The largest absolute Gasteiger partial charge is 0.457 e. The van der Waals surface area contributed by atoms with Crippen LogP contribution in [-0.2, 0) is 38.1 Å². The summed E-state index contributed by atoms with van der Waals surface area (Å²) in [6.07, 6.45) is -1.35. The highest BCUT2D eigenvalue weighted by molar-refractivity contribution is 6.41. The Hall–Kier alpha value is -5.04. The number of carbonyl (C=O) groups is 6. The van der Waals surface area contributed by atoms with E-state index in [1.807, 2.05) is 0 Å². The predicted molar refractivity (Wildman–Crippen MR) is 163 cm³/mol. The van der Waals surface area contributed by atoms with Crippen LogP contribution in [-0.4, -0.2) is 92.2 Å². The first-order valence-corrected chi connectivity index (χ1v) is 14.3. The Morgan fingerprint density at radius 3 is 1.26 bits per heavy atom. The molecule has 0 spiro atoms. The van der Waals surface area contributed by atoms with E-state index in [2.05, 4.69) is 0 Å². The highest BCUT2D eigenvalue weighted by Gasteiger charge is 2.22. The number of carbonyl (C=O) groups excluding carboxylic acids is 6. The van der Waals surface area contributed by atoms with Crippen molar-refractivity contribution in [1.82, 2.24) is 0 Å². The van der Waals surface area contributed by atoms with E-state index in [1.165, 1.54) is 24.3 Å². The average Bonchev–Trinajstić information content (AvgIpc) is 3.08. The smallest absolute Gasteiger partial charge is 0.380 e. The van der Waals surface area contributed by atoms with Gasteiger partial charge in [-0.3, -0.25) is 14.4 Å². The number of Topliss-reactive ketones (excluding diaryl/α,β-unsaturated/α-hetero) is 3. The van der Waals surface area contributed by atoms with Crippen LogP contribution in [0.2, 0.25) is 0 Å². The molecule has 2 atom stereocenters. The van der Waals surface area contributed by atoms with Crippen molar-refractivity contribution < 1.29 is 57.6 Å². The molecule has 1 N–H and O–H groups in total. The summed E-state index contributed by atoms with van der Waals surface area (Å²) in [5.74, 6) is -4.99. The Morgan fingerprint density at radius 1 is 0.522 bits per heavy atom. The molecule has 244 valence electrons. The summed E-state index contributed by atoms with van der Waals surface area (Å²) in [4.78, 5) is 70.5. The Bertz CT molecular complexity index is 1340. The van der Waals surface area contributed by atoms with Gasteiger partial charge < -0.3 is 28.8 Å². The summed E-state index contributed by atoms with van der Waals surface area (Å²) in [6.45, 7) is 3.41. The van der Waals surface area contributed by atoms with Crippen LogP contribution in [0.4, 0.5) is 0 Å². The van der Waals surface area contributed by atoms with Crippen molar-refractivity contribution in [3.05, 3.63) is 108 Å². The molecule has 0 amide bonds. The Labute approximate surface area is 266 Å². The van der Waals surface area contributed by atoms with Gasteiger partial charge in [-0.05, 0) is 13.8 Å². The molecule has 0 bridgehead atoms. The van der Waals surface area contributed by atoms with Crippen LogP contribution in [0.5, 0.6) is 0 Å². The lowest BCUT2D eigenvalue weighted by Gasteiger charge is -2.16. The summed E-state index contributed by atoms with van der Waals surface area (Å²) in [5, 5.41) is 8.42. The zero-order valence-electron chi connectivity index (χ0n) is 25.5. The molecule has 2 unspecified atom stereocenters. The maximum Gasteiger partial charge on any atom is 0.380 e. The number of aliphatic hydroxyl groups is 1. The van der Waals surface area contributed by atoms with E-state index in [-0.39, 0.29) is 50.8 Å². The Kier molecular flexibility index (Phi) is 16.8. The van der Waals surface area contributed by atoms with Crippen molar-refractivity contribution in [2.75, 3.05) is 39.6 Å². The molecule has 3 aromatic rings. The first-order valence-electron chi connectivity index (χ1n) is 14.3. The molecule has 0 fully saturated rings. The number of hydrogen-bond donors (Lipinski definition) is 1. The molecule has 0 saturated heterocycles. The summed E-state index contributed by atoms with van der Waals surface area (Å²) in [7, 11) is 0. The van der Waals surface area contributed by atoms with Crippen LogP contribution in [0.15, 0.2) is 91.0 Å². The standard InChI is InChI=1S/C22H22O7.C12H14O5/c1-15(28-21(25)19(23)17-9-5-3-6-10-17)13-27-14-16(2)29-22(26)20(24)18-11-7-4-8-12-18;13-6-7-16-8-9-17-12(15)11(14)10-4-2-1-3-5-10/h3-12,15-16H,13-14H2,1-2H3;1-5,13H,6-9H2. The van der Waals surface area contributed by atoms with Crippen LogP contribution in [0.25, 0.3) is 0 Å². The van der Waals surface area contributed by atoms with Crippen molar-refractivity contribution in [3.8, 4) is 0 Å². The van der Waals surface area contributed by atoms with Gasteiger partial charge in [0.15, 0.2) is 0 Å². The minimum Gasteiger partial charge on any atom is -0.457 e. The average molecular weight is 637 g/mol. The molecule has 12 heteroatoms. The van der Waals surface area contributed by atoms with Gasteiger partial charge in [0.05, 0.1) is 33.0 Å². The van der Waals surface area contributed by atoms with Crippen LogP contribution in [0, 0.1) is 0 Å². The van der Waals surface area contributed by atoms with Crippen molar-refractivity contribution in [2.24, 2.45) is 0 Å². The lowest BCUT2D eigenvalue weighted by atomic mass is 10.1. The van der Waals surface area contributed by atoms with Gasteiger partial charge in [-0.2, -0.15) is 0 Å². The molecule has 0 aliphatic rings. The normalized spacial score (nSPS) is 11.5. The van der Waals surface area contributed by atoms with Gasteiger partial charge in [-0.15, -0.1) is 0 Å². The molecular weight excluding hydrogens is 600 g/mol. The number of ether oxygens (including phenoxy) is 5. The van der Waals surface area contributed by atoms with E-state index < -0.39 is 47.5 Å². The van der Waals surface area contributed by atoms with Gasteiger partial charge >= 0.3 is 17.9 Å². The fourth-order valence-corrected chi connectivity index (χ4v) is 3.49. The fourth-order valence-electron chi connectivity index (χ4n) is 3.49. The molecule has 3 rings (SSSR count). The SMILES string of the molecule is CC(COCC(C)OC(=O)C(=O)c1ccccc1)OC(=O)C(=O)c1ccccc1.O=C(OCCOCCO)C(=O)c1ccccc1. The Balaban J connectivity index is 0.000000368. The van der Waals surface area contributed by atoms with Gasteiger partial charge in [0, 0.05) is 16.7 Å². The van der Waals surface area contributed by atoms with Gasteiger partial charge in [0.2, 0.25) is 0 Å². The number of ketones is 3. The van der Waals surface area contributed by atoms with Gasteiger partial charge in [-0.1, -0.05) is 91.0 Å². The number of esters is 3. The highest BCUT2D eigenvalue weighted by atomic mass is 16.6. The zero-order valence-corrected chi connectivity index (χ0v) is 25.5. The Morgan fingerprint density at radius 2 is 0.891 bits per heavy atom. The van der Waals surface area contributed by atoms with Crippen molar-refractivity contribution in [1.29, 1.82) is 0 Å². The molecule has 46 heavy (non-hydrogen) atoms. The molecule has 0 saturated carbocycles. The minimum atomic E-state index is -0.972. The minimum absolute atomic E-state index is 0.00231. The molecule has 0 heterocycles. The quantitative estimate of drug-likeness (QED) is 0.0757. The van der Waals surface area contributed by atoms with Crippen LogP contribution < -0.4 is 0 Å². The topological polar surface area (TPSA) is 169 Å². The van der Waals surface area contributed by atoms with Gasteiger partial charge in [0.25, 0.3) is 17.3 Å². The van der Waals surface area contributed by atoms with E-state index in [1.54, 1.807) is 80.6 Å². The summed E-state index contributed by atoms with van der Waals surface area (Å²) < 4.78 is 25.0. The molecule has 0 aromatic heterocycles. The van der Waals surface area contributed by atoms with Gasteiger partial charge in [0.1, 0.15) is 18.8 Å². The maximum absolute atomic E-state index is 12.0. The molecular formula is C34H36O12. The summed E-state index contributed by atoms with van der Waals surface area (Å²) in [5.41, 5.74) is 0.789. The predicted octanol–water partition coefficient (Wildman–Crippen LogP) is 3.05. The number of aliphatic hydroxyl groups excluding tert-OH is 1. The second-order valence-corrected chi connectivity index (χ2v) is 9.53. The summed E-state index contributed by atoms with van der Waals surface area (Å²) >= 11 is 0. The van der Waals surface area contributed by atoms with E-state index in [0.29, 0.717) is 5.56 Å². The fraction of sp³-hybridized carbons (Fsp3) is 0.294.